The molecule has 1 aromatic rings. The van der Waals surface area contributed by atoms with Gasteiger partial charge in [-0.25, -0.2) is 0 Å². The van der Waals surface area contributed by atoms with Gasteiger partial charge in [0, 0.05) is 11.6 Å². The van der Waals surface area contributed by atoms with Gasteiger partial charge in [0.05, 0.1) is 0 Å². The maximum Gasteiger partial charge on any atom is 0.0443 e. The van der Waals surface area contributed by atoms with Crippen molar-refractivity contribution in [3.63, 3.8) is 0 Å². The highest BCUT2D eigenvalue weighted by Gasteiger charge is 1.93. The molecule has 0 radical (unpaired) electrons. The van der Waals surface area contributed by atoms with Crippen LogP contribution in [0.2, 0.25) is 5.02 Å². The Morgan fingerprint density at radius 2 is 2.14 bits per heavy atom. The van der Waals surface area contributed by atoms with Crippen LogP contribution in [-0.2, 0) is 6.42 Å². The second-order valence-corrected chi connectivity index (χ2v) is 3.64. The van der Waals surface area contributed by atoms with Crippen LogP contribution in [0.3, 0.4) is 0 Å². The smallest absolute Gasteiger partial charge is 0.0443 e. The summed E-state index contributed by atoms with van der Waals surface area (Å²) in [6.45, 7) is 2.06. The third-order valence-electron chi connectivity index (χ3n) is 1.99. The first-order chi connectivity index (χ1) is 6.83. The van der Waals surface area contributed by atoms with Crippen molar-refractivity contribution >= 4 is 11.6 Å². The number of hydrogen-bond acceptors (Lipinski definition) is 2. The maximum absolute atomic E-state index is 8.56. The van der Waals surface area contributed by atoms with Crippen molar-refractivity contribution in [3.8, 4) is 0 Å². The first-order valence-corrected chi connectivity index (χ1v) is 5.27. The van der Waals surface area contributed by atoms with Gasteiger partial charge in [0.15, 0.2) is 0 Å². The summed E-state index contributed by atoms with van der Waals surface area (Å²) in [4.78, 5) is 0. The SMILES string of the molecule is OCCCNCCc1cccc(Cl)c1. The molecular weight excluding hydrogens is 198 g/mol. The first kappa shape index (κ1) is 11.5. The van der Waals surface area contributed by atoms with Crippen LogP contribution >= 0.6 is 11.6 Å². The quantitative estimate of drug-likeness (QED) is 0.707. The van der Waals surface area contributed by atoms with Gasteiger partial charge in [-0.1, -0.05) is 23.7 Å². The zero-order valence-corrected chi connectivity index (χ0v) is 8.93. The zero-order valence-electron chi connectivity index (χ0n) is 8.17. The number of aliphatic hydroxyl groups excluding tert-OH is 1. The maximum atomic E-state index is 8.56. The number of rotatable bonds is 6. The molecule has 0 fully saturated rings. The molecule has 0 aliphatic rings. The van der Waals surface area contributed by atoms with E-state index >= 15 is 0 Å². The summed E-state index contributed by atoms with van der Waals surface area (Å²) >= 11 is 5.85. The third-order valence-corrected chi connectivity index (χ3v) is 2.23. The monoisotopic (exact) mass is 213 g/mol. The molecule has 0 aromatic heterocycles. The van der Waals surface area contributed by atoms with Crippen molar-refractivity contribution in [2.75, 3.05) is 19.7 Å². The van der Waals surface area contributed by atoms with Crippen molar-refractivity contribution in [1.82, 2.24) is 5.32 Å². The highest BCUT2D eigenvalue weighted by Crippen LogP contribution is 2.10. The molecule has 0 atom stereocenters. The van der Waals surface area contributed by atoms with E-state index in [0.717, 1.165) is 31.0 Å². The number of benzene rings is 1. The van der Waals surface area contributed by atoms with Crippen molar-refractivity contribution in [1.29, 1.82) is 0 Å². The molecule has 78 valence electrons. The third kappa shape index (κ3) is 4.61. The molecule has 3 heteroatoms. The van der Waals surface area contributed by atoms with E-state index in [-0.39, 0.29) is 6.61 Å². The largest absolute Gasteiger partial charge is 0.396 e. The summed E-state index contributed by atoms with van der Waals surface area (Å²) < 4.78 is 0. The average Bonchev–Trinajstić information content (AvgIpc) is 2.18. The lowest BCUT2D eigenvalue weighted by atomic mass is 10.1. The normalized spacial score (nSPS) is 10.4. The standard InChI is InChI=1S/C11H16ClNO/c12-11-4-1-3-10(9-11)5-7-13-6-2-8-14/h1,3-4,9,13-14H,2,5-8H2. The van der Waals surface area contributed by atoms with Gasteiger partial charge in [0.2, 0.25) is 0 Å². The molecule has 0 bridgehead atoms. The lowest BCUT2D eigenvalue weighted by molar-refractivity contribution is 0.286. The van der Waals surface area contributed by atoms with Crippen LogP contribution in [0, 0.1) is 0 Å². The van der Waals surface area contributed by atoms with Crippen LogP contribution in [0.1, 0.15) is 12.0 Å². The molecular formula is C11H16ClNO. The van der Waals surface area contributed by atoms with E-state index in [4.69, 9.17) is 16.7 Å². The van der Waals surface area contributed by atoms with E-state index in [1.165, 1.54) is 5.56 Å². The second kappa shape index (κ2) is 6.82. The van der Waals surface area contributed by atoms with Crippen LogP contribution in [0.5, 0.6) is 0 Å². The molecule has 0 aliphatic heterocycles. The van der Waals surface area contributed by atoms with Gasteiger partial charge in [-0.2, -0.15) is 0 Å². The second-order valence-electron chi connectivity index (χ2n) is 3.21. The molecule has 2 N–H and O–H groups in total. The molecule has 0 unspecified atom stereocenters. The van der Waals surface area contributed by atoms with Crippen LogP contribution in [0.25, 0.3) is 0 Å². The fourth-order valence-corrected chi connectivity index (χ4v) is 1.47. The molecule has 0 aliphatic carbocycles. The van der Waals surface area contributed by atoms with Gasteiger partial charge in [-0.05, 0) is 43.6 Å². The average molecular weight is 214 g/mol. The fourth-order valence-electron chi connectivity index (χ4n) is 1.25. The Morgan fingerprint density at radius 1 is 1.29 bits per heavy atom. The van der Waals surface area contributed by atoms with Crippen LogP contribution in [0.4, 0.5) is 0 Å². The van der Waals surface area contributed by atoms with Crippen molar-refractivity contribution in [2.24, 2.45) is 0 Å². The Balaban J connectivity index is 2.18. The van der Waals surface area contributed by atoms with E-state index in [0.29, 0.717) is 0 Å². The van der Waals surface area contributed by atoms with Crippen molar-refractivity contribution in [2.45, 2.75) is 12.8 Å². The van der Waals surface area contributed by atoms with Gasteiger partial charge in [0.1, 0.15) is 0 Å². The van der Waals surface area contributed by atoms with Crippen molar-refractivity contribution in [3.05, 3.63) is 34.9 Å². The van der Waals surface area contributed by atoms with Gasteiger partial charge in [-0.3, -0.25) is 0 Å². The summed E-state index contributed by atoms with van der Waals surface area (Å²) in [5, 5.41) is 12.6. The minimum Gasteiger partial charge on any atom is -0.396 e. The zero-order chi connectivity index (χ0) is 10.2. The molecule has 14 heavy (non-hydrogen) atoms. The Bertz CT molecular complexity index is 265. The van der Waals surface area contributed by atoms with Crippen LogP contribution in [-0.4, -0.2) is 24.8 Å². The summed E-state index contributed by atoms with van der Waals surface area (Å²) in [6, 6.07) is 7.89. The van der Waals surface area contributed by atoms with E-state index < -0.39 is 0 Å². The van der Waals surface area contributed by atoms with Crippen LogP contribution < -0.4 is 5.32 Å². The van der Waals surface area contributed by atoms with E-state index in [9.17, 15) is 0 Å². The number of aliphatic hydroxyl groups is 1. The Labute approximate surface area is 89.9 Å². The highest BCUT2D eigenvalue weighted by molar-refractivity contribution is 6.30. The predicted octanol–water partition coefficient (Wildman–Crippen LogP) is 1.85. The molecule has 0 heterocycles. The van der Waals surface area contributed by atoms with Crippen LogP contribution in [0.15, 0.2) is 24.3 Å². The highest BCUT2D eigenvalue weighted by atomic mass is 35.5. The topological polar surface area (TPSA) is 32.3 Å². The van der Waals surface area contributed by atoms with E-state index in [1.54, 1.807) is 0 Å². The van der Waals surface area contributed by atoms with Crippen molar-refractivity contribution < 1.29 is 5.11 Å². The van der Waals surface area contributed by atoms with E-state index in [1.807, 2.05) is 18.2 Å². The lowest BCUT2D eigenvalue weighted by Gasteiger charge is -2.03. The Kier molecular flexibility index (Phi) is 5.60. The minimum absolute atomic E-state index is 0.254. The minimum atomic E-state index is 0.254. The summed E-state index contributed by atoms with van der Waals surface area (Å²) in [6.07, 6.45) is 1.79. The summed E-state index contributed by atoms with van der Waals surface area (Å²) in [7, 11) is 0. The molecule has 0 amide bonds. The molecule has 2 nitrogen and oxygen atoms in total. The first-order valence-electron chi connectivity index (χ1n) is 4.89. The lowest BCUT2D eigenvalue weighted by Crippen LogP contribution is -2.19. The van der Waals surface area contributed by atoms with Gasteiger partial charge in [0.25, 0.3) is 0 Å². The van der Waals surface area contributed by atoms with E-state index in [2.05, 4.69) is 11.4 Å². The number of halogens is 1. The van der Waals surface area contributed by atoms with Gasteiger partial charge >= 0.3 is 0 Å². The molecule has 0 saturated heterocycles. The molecule has 1 rings (SSSR count). The van der Waals surface area contributed by atoms with Gasteiger partial charge in [-0.15, -0.1) is 0 Å². The molecule has 0 saturated carbocycles. The molecule has 0 spiro atoms. The Morgan fingerprint density at radius 3 is 2.86 bits per heavy atom. The predicted molar refractivity (Wildman–Crippen MR) is 59.7 cm³/mol. The van der Waals surface area contributed by atoms with Gasteiger partial charge < -0.3 is 10.4 Å². The number of hydrogen-bond donors (Lipinski definition) is 2. The summed E-state index contributed by atoms with van der Waals surface area (Å²) in [5.41, 5.74) is 1.24. The molecule has 1 aromatic carbocycles. The number of nitrogens with one attached hydrogen (secondary N) is 1. The fraction of sp³-hybridized carbons (Fsp3) is 0.455. The Hall–Kier alpha value is -0.570. The summed E-state index contributed by atoms with van der Waals surface area (Å²) in [5.74, 6) is 0.